The minimum absolute atomic E-state index is 0. The van der Waals surface area contributed by atoms with Crippen LogP contribution in [0.5, 0.6) is 0 Å². The fourth-order valence-electron chi connectivity index (χ4n) is 0. The van der Waals surface area contributed by atoms with Crippen molar-refractivity contribution in [3.63, 3.8) is 0 Å². The number of rotatable bonds is 0. The molecule has 5 heavy (non-hydrogen) atoms. The van der Waals surface area contributed by atoms with Gasteiger partial charge >= 0.3 is 0 Å². The van der Waals surface area contributed by atoms with E-state index in [2.05, 4.69) is 0 Å². The average molecular weight is 311 g/mol. The van der Waals surface area contributed by atoms with Gasteiger partial charge in [-0.2, -0.15) is 0 Å². The minimum Gasteiger partial charge on any atom is 0 e. The Bertz CT molecular complexity index is 3.61. The van der Waals surface area contributed by atoms with Crippen molar-refractivity contribution in [1.82, 2.24) is 0 Å². The second kappa shape index (κ2) is 28.2. The van der Waals surface area contributed by atoms with Gasteiger partial charge in [-0.1, -0.05) is 0 Å². The quantitative estimate of drug-likeness (QED) is 0.552. The summed E-state index contributed by atoms with van der Waals surface area (Å²) in [5, 5.41) is 0. The van der Waals surface area contributed by atoms with Gasteiger partial charge in [0.25, 0.3) is 0 Å². The third kappa shape index (κ3) is 19.5. The first kappa shape index (κ1) is 44.0. The molecule has 0 aliphatic carbocycles. The van der Waals surface area contributed by atoms with Crippen LogP contribution in [0.25, 0.3) is 0 Å². The van der Waals surface area contributed by atoms with Crippen molar-refractivity contribution < 1.29 is 94.5 Å². The van der Waals surface area contributed by atoms with Crippen LogP contribution in [0.3, 0.4) is 0 Å². The van der Waals surface area contributed by atoms with Gasteiger partial charge in [-0.3, -0.25) is 0 Å². The van der Waals surface area contributed by atoms with Crippen molar-refractivity contribution in [3.05, 3.63) is 0 Å². The van der Waals surface area contributed by atoms with Gasteiger partial charge in [0.15, 0.2) is 0 Å². The Morgan fingerprint density at radius 2 is 0.400 bits per heavy atom. The summed E-state index contributed by atoms with van der Waals surface area (Å²) in [5.74, 6) is 0. The molecule has 0 aromatic heterocycles. The molecule has 0 fully saturated rings. The molecule has 0 aromatic carbocycles. The third-order valence-corrected chi connectivity index (χ3v) is 0. The van der Waals surface area contributed by atoms with E-state index in [1.165, 1.54) is 0 Å². The number of hydrogen-bond donors (Lipinski definition) is 0. The van der Waals surface area contributed by atoms with Gasteiger partial charge in [0.05, 0.1) is 0 Å². The molecule has 0 atom stereocenters. The van der Waals surface area contributed by atoms with Gasteiger partial charge in [-0.25, -0.2) is 0 Å². The molecule has 0 bridgehead atoms. The summed E-state index contributed by atoms with van der Waals surface area (Å²) in [7, 11) is 0. The maximum absolute atomic E-state index is 0. The first-order valence-corrected chi connectivity index (χ1v) is 0. The molecule has 5 heteroatoms. The van der Waals surface area contributed by atoms with Crippen molar-refractivity contribution in [2.45, 2.75) is 0 Å². The first-order chi connectivity index (χ1) is 0. The monoisotopic (exact) mass is 310 g/mol. The van der Waals surface area contributed by atoms with Crippen LogP contribution in [0.2, 0.25) is 0 Å². The molecule has 4 radical (unpaired) electrons. The molecule has 0 saturated carbocycles. The van der Waals surface area contributed by atoms with Gasteiger partial charge in [-0.15, -0.1) is 0 Å². The largest absolute Gasteiger partial charge is 0 e. The maximum atomic E-state index is 0. The smallest absolute Gasteiger partial charge is 0 e. The van der Waals surface area contributed by atoms with E-state index in [1.807, 2.05) is 0 Å². The van der Waals surface area contributed by atoms with Gasteiger partial charge in [0.1, 0.15) is 0 Å². The van der Waals surface area contributed by atoms with Crippen LogP contribution in [0.4, 0.5) is 0 Å². The summed E-state index contributed by atoms with van der Waals surface area (Å²) >= 11 is 0. The van der Waals surface area contributed by atoms with Crippen LogP contribution in [0.15, 0.2) is 0 Å². The first-order valence-electron chi connectivity index (χ1n) is 0. The molecule has 0 amide bonds. The predicted molar refractivity (Wildman–Crippen MR) is 0 cm³/mol. The van der Waals surface area contributed by atoms with E-state index in [4.69, 9.17) is 0 Å². The maximum Gasteiger partial charge on any atom is 0 e. The van der Waals surface area contributed by atoms with Crippen LogP contribution >= 0.6 is 0 Å². The summed E-state index contributed by atoms with van der Waals surface area (Å²) in [6.45, 7) is 0. The summed E-state index contributed by atoms with van der Waals surface area (Å²) in [6.07, 6.45) is 0. The fraction of sp³-hybridized carbons (Fsp3) is 0. The standard InChI is InChI=1S/4Mn.Zr. The molecule has 0 saturated heterocycles. The second-order valence-corrected chi connectivity index (χ2v) is 0. The van der Waals surface area contributed by atoms with Crippen molar-refractivity contribution in [2.24, 2.45) is 0 Å². The normalized spacial score (nSPS) is 0. The molecule has 0 heterocycles. The topological polar surface area (TPSA) is 0 Å². The summed E-state index contributed by atoms with van der Waals surface area (Å²) in [5.41, 5.74) is 0. The van der Waals surface area contributed by atoms with Crippen LogP contribution in [0, 0.1) is 0 Å². The Morgan fingerprint density at radius 1 is 0.400 bits per heavy atom. The van der Waals surface area contributed by atoms with E-state index < -0.39 is 0 Å². The Labute approximate surface area is 93.0 Å². The van der Waals surface area contributed by atoms with E-state index in [-0.39, 0.29) is 94.5 Å². The van der Waals surface area contributed by atoms with Crippen LogP contribution in [-0.2, 0) is 94.5 Å². The molecule has 0 aromatic rings. The molecular weight excluding hydrogens is 311 g/mol. The van der Waals surface area contributed by atoms with E-state index in [1.54, 1.807) is 0 Å². The van der Waals surface area contributed by atoms with Crippen molar-refractivity contribution in [1.29, 1.82) is 0 Å². The van der Waals surface area contributed by atoms with Gasteiger partial charge < -0.3 is 0 Å². The predicted octanol–water partition coefficient (Wildman–Crippen LogP) is -0.0125. The Balaban J connectivity index is 0. The summed E-state index contributed by atoms with van der Waals surface area (Å²) in [6, 6.07) is 0. The Morgan fingerprint density at radius 3 is 0.400 bits per heavy atom. The average Bonchev–Trinajstić information content (AvgIpc) is 0. The molecular formula is Mn4Zr. The van der Waals surface area contributed by atoms with Crippen LogP contribution < -0.4 is 0 Å². The molecule has 0 unspecified atom stereocenters. The van der Waals surface area contributed by atoms with E-state index in [0.29, 0.717) is 0 Å². The van der Waals surface area contributed by atoms with Crippen molar-refractivity contribution >= 4 is 0 Å². The Hall–Kier alpha value is 2.96. The van der Waals surface area contributed by atoms with Crippen molar-refractivity contribution in [2.75, 3.05) is 0 Å². The van der Waals surface area contributed by atoms with Crippen LogP contribution in [0.1, 0.15) is 0 Å². The SMILES string of the molecule is [Mn].[Mn].[Mn].[Mn].[Zr]. The summed E-state index contributed by atoms with van der Waals surface area (Å²) < 4.78 is 0. The molecule has 0 aliphatic rings. The minimum atomic E-state index is 0. The number of hydrogen-bond acceptors (Lipinski definition) is 0. The van der Waals surface area contributed by atoms with E-state index >= 15 is 0 Å². The van der Waals surface area contributed by atoms with Crippen molar-refractivity contribution in [3.8, 4) is 0 Å². The molecule has 0 spiro atoms. The molecule has 0 aliphatic heterocycles. The molecule has 32 valence electrons. The van der Waals surface area contributed by atoms with Gasteiger partial charge in [-0.05, 0) is 0 Å². The van der Waals surface area contributed by atoms with Crippen LogP contribution in [-0.4, -0.2) is 0 Å². The zero-order valence-corrected chi connectivity index (χ0v) is 9.19. The fourth-order valence-corrected chi connectivity index (χ4v) is 0. The zero-order chi connectivity index (χ0) is 0. The Kier molecular flexibility index (Phi) is 248. The molecule has 0 rings (SSSR count). The van der Waals surface area contributed by atoms with E-state index in [9.17, 15) is 0 Å². The second-order valence-electron chi connectivity index (χ2n) is 0. The van der Waals surface area contributed by atoms with Gasteiger partial charge in [0.2, 0.25) is 0 Å². The zero-order valence-electron chi connectivity index (χ0n) is 2.01. The third-order valence-electron chi connectivity index (χ3n) is 0. The molecule has 0 nitrogen and oxygen atoms in total. The summed E-state index contributed by atoms with van der Waals surface area (Å²) in [4.78, 5) is 0. The van der Waals surface area contributed by atoms with Gasteiger partial charge in [0, 0.05) is 94.5 Å². The molecule has 0 N–H and O–H groups in total. The van der Waals surface area contributed by atoms with E-state index in [0.717, 1.165) is 0 Å².